The first-order valence-corrected chi connectivity index (χ1v) is 29.2. The average Bonchev–Trinajstić information content (AvgIpc) is 1.69. The van der Waals surface area contributed by atoms with E-state index in [-0.39, 0.29) is 95.6 Å². The molecule has 0 atom stereocenters. The van der Waals surface area contributed by atoms with Crippen molar-refractivity contribution in [2.45, 2.75) is 31.9 Å². The topological polar surface area (TPSA) is 397 Å². The summed E-state index contributed by atoms with van der Waals surface area (Å²) in [6.45, 7) is 1.64. The number of alkyl halides is 3. The van der Waals surface area contributed by atoms with Gasteiger partial charge < -0.3 is 99.7 Å². The number of carboxylic acid groups (broad SMARTS) is 1. The van der Waals surface area contributed by atoms with Crippen LogP contribution in [0.25, 0.3) is 0 Å². The Morgan fingerprint density at radius 3 is 1.11 bits per heavy atom. The predicted octanol–water partition coefficient (Wildman–Crippen LogP) is 3.67. The minimum absolute atomic E-state index is 0.00566. The van der Waals surface area contributed by atoms with Gasteiger partial charge in [0.1, 0.15) is 34.2 Å². The van der Waals surface area contributed by atoms with E-state index in [0.717, 1.165) is 13.0 Å². The van der Waals surface area contributed by atoms with Gasteiger partial charge in [0.2, 0.25) is 17.6 Å². The smallest absolute Gasteiger partial charge is 0.475 e. The summed E-state index contributed by atoms with van der Waals surface area (Å²) in [4.78, 5) is 150. The molecule has 0 unspecified atom stereocenters. The molecular formula is C60H72F3N21O12. The normalized spacial score (nSPS) is 11.1. The van der Waals surface area contributed by atoms with Gasteiger partial charge in [0, 0.05) is 145 Å². The second-order valence-electron chi connectivity index (χ2n) is 22.2. The number of aryl methyl sites for hydroxylation is 8. The van der Waals surface area contributed by atoms with Crippen molar-refractivity contribution >= 4 is 105 Å². The quantitative estimate of drug-likeness (QED) is 0.0345. The van der Waals surface area contributed by atoms with E-state index in [9.17, 15) is 61.1 Å². The number of rotatable bonds is 26. The number of aliphatic carboxylic acids is 1. The third kappa shape index (κ3) is 19.1. The van der Waals surface area contributed by atoms with Gasteiger partial charge in [-0.05, 0) is 69.9 Å². The maximum Gasteiger partial charge on any atom is 0.490 e. The molecule has 0 aliphatic rings. The number of hydrogen-bond donors (Lipinski definition) is 11. The number of hydrogen-bond acceptors (Lipinski definition) is 14. The summed E-state index contributed by atoms with van der Waals surface area (Å²) in [5, 5.41) is 34.7. The van der Waals surface area contributed by atoms with Crippen LogP contribution in [0.5, 0.6) is 0 Å². The molecule has 0 aliphatic carbocycles. The van der Waals surface area contributed by atoms with Crippen molar-refractivity contribution in [2.75, 3.05) is 77.5 Å². The highest BCUT2D eigenvalue weighted by Crippen LogP contribution is 2.23. The van der Waals surface area contributed by atoms with E-state index in [1.54, 1.807) is 107 Å². The Morgan fingerprint density at radius 1 is 0.417 bits per heavy atom. The maximum absolute atomic E-state index is 13.5. The van der Waals surface area contributed by atoms with Crippen LogP contribution in [-0.2, 0) is 70.8 Å². The number of imidazole rings is 2. The van der Waals surface area contributed by atoms with E-state index in [1.165, 1.54) is 77.8 Å². The van der Waals surface area contributed by atoms with E-state index in [4.69, 9.17) is 9.90 Å². The molecule has 0 radical (unpaired) electrons. The number of carboxylic acids is 1. The molecule has 8 rings (SSSR count). The molecule has 0 spiro atoms. The zero-order valence-corrected chi connectivity index (χ0v) is 53.8. The van der Waals surface area contributed by atoms with E-state index >= 15 is 0 Å². The highest BCUT2D eigenvalue weighted by Gasteiger charge is 2.38. The van der Waals surface area contributed by atoms with Gasteiger partial charge in [-0.25, -0.2) is 14.8 Å². The lowest BCUT2D eigenvalue weighted by atomic mass is 10.3. The molecule has 11 N–H and O–H groups in total. The molecule has 0 aliphatic heterocycles. The molecule has 96 heavy (non-hydrogen) atoms. The van der Waals surface area contributed by atoms with Crippen LogP contribution >= 0.6 is 0 Å². The Labute approximate surface area is 545 Å². The first-order chi connectivity index (χ1) is 45.2. The largest absolute Gasteiger partial charge is 0.490 e. The van der Waals surface area contributed by atoms with Crippen molar-refractivity contribution in [3.63, 3.8) is 0 Å². The van der Waals surface area contributed by atoms with Crippen LogP contribution in [0.2, 0.25) is 0 Å². The van der Waals surface area contributed by atoms with Crippen molar-refractivity contribution in [2.24, 2.45) is 56.4 Å². The summed E-state index contributed by atoms with van der Waals surface area (Å²) in [5.74, 6) is -7.07. The van der Waals surface area contributed by atoms with Gasteiger partial charge in [-0.3, -0.25) is 47.9 Å². The second-order valence-corrected chi connectivity index (χ2v) is 22.2. The molecule has 8 heterocycles. The Hall–Kier alpha value is -12.0. The number of carbonyl (C=O) groups excluding carboxylic acids is 10. The maximum atomic E-state index is 13.5. The van der Waals surface area contributed by atoms with Gasteiger partial charge in [-0.15, -0.1) is 0 Å². The molecule has 0 saturated heterocycles. The van der Waals surface area contributed by atoms with Crippen molar-refractivity contribution in [1.29, 1.82) is 0 Å². The molecule has 510 valence electrons. The average molecular weight is 1340 g/mol. The Bertz CT molecular complexity index is 4260. The first-order valence-electron chi connectivity index (χ1n) is 29.2. The van der Waals surface area contributed by atoms with Gasteiger partial charge in [-0.1, -0.05) is 0 Å². The monoisotopic (exact) mass is 1340 g/mol. The van der Waals surface area contributed by atoms with Crippen LogP contribution in [0.3, 0.4) is 0 Å². The van der Waals surface area contributed by atoms with Gasteiger partial charge in [0.05, 0.1) is 34.1 Å². The summed E-state index contributed by atoms with van der Waals surface area (Å²) in [5.41, 5.74) is 3.31. The molecule has 0 aromatic carbocycles. The van der Waals surface area contributed by atoms with Crippen LogP contribution < -0.4 is 53.2 Å². The van der Waals surface area contributed by atoms with Gasteiger partial charge >= 0.3 is 12.1 Å². The lowest BCUT2D eigenvalue weighted by molar-refractivity contribution is -0.192. The number of aromatic nitrogens is 10. The molecule has 10 amide bonds. The molecule has 0 fully saturated rings. The number of anilines is 7. The Balaban J connectivity index is 0.00000176. The molecule has 8 aromatic heterocycles. The van der Waals surface area contributed by atoms with Crippen LogP contribution in [-0.4, -0.2) is 168 Å². The molecule has 36 heteroatoms. The molecule has 8 aromatic rings. The van der Waals surface area contributed by atoms with Crippen LogP contribution in [0.1, 0.15) is 110 Å². The number of carbonyl (C=O) groups is 11. The minimum Gasteiger partial charge on any atom is -0.475 e. The SMILES string of the molecule is CN(C)CCCNC(=O)CCNC(=O)c1cc(NC(=O)c2cc(NC(=O)c3cc(NC(=O)c4nc(NC(=O)CCCNC(=O)c5cc(NC(=O)c6cc(NC(=O)c7cc(NC(=O)c8nccn8C)cn7C)cn6C)cn5C)cn4C)cn3C)cn2C)cn1C.O=C(O)C(F)(F)F. The fraction of sp³-hybridized carbons (Fsp3) is 0.317. The highest BCUT2D eigenvalue weighted by molar-refractivity contribution is 6.10. The highest BCUT2D eigenvalue weighted by atomic mass is 19.4. The van der Waals surface area contributed by atoms with Crippen LogP contribution in [0.4, 0.5) is 53.1 Å². The summed E-state index contributed by atoms with van der Waals surface area (Å²) >= 11 is 0. The van der Waals surface area contributed by atoms with Crippen molar-refractivity contribution in [1.82, 2.24) is 67.4 Å². The zero-order chi connectivity index (χ0) is 70.5. The fourth-order valence-corrected chi connectivity index (χ4v) is 9.47. The molecule has 33 nitrogen and oxygen atoms in total. The summed E-state index contributed by atoms with van der Waals surface area (Å²) < 4.78 is 43.9. The van der Waals surface area contributed by atoms with E-state index in [1.807, 2.05) is 19.0 Å². The standard InChI is InChI=1S/C58H71N21O10.C2HF3O2/c1-71(2)19-12-16-59-47(80)14-17-62-52(83)41-22-35(28-74(41)5)64-54(85)43-24-37(30-76(43)7)66-56(87)45-26-39(32-78(45)9)68-58(89)50-70-46(33-79(50)10)69-48(81)13-11-15-61-51(82)40-21-34(27-73(40)4)63-53(84)42-23-36(29-75(42)6)65-55(86)44-25-38(31-77(44)8)67-57(88)49-60-18-20-72(49)3;3-2(4,5)1(6)7/h18,20-33H,11-17,19H2,1-10H3,(H,59,80)(H,61,82)(H,62,83)(H,63,84)(H,64,85)(H,65,86)(H,66,87)(H,67,88)(H,68,89)(H,69,81);(H,6,7). The number of nitrogens with one attached hydrogen (secondary N) is 10. The lowest BCUT2D eigenvalue weighted by Gasteiger charge is -2.10. The summed E-state index contributed by atoms with van der Waals surface area (Å²) in [6.07, 6.45) is 10.1. The molecule has 0 bridgehead atoms. The summed E-state index contributed by atoms with van der Waals surface area (Å²) in [7, 11) is 17.0. The predicted molar refractivity (Wildman–Crippen MR) is 344 cm³/mol. The van der Waals surface area contributed by atoms with Crippen LogP contribution in [0, 0.1) is 0 Å². The first kappa shape index (κ1) is 71.5. The summed E-state index contributed by atoms with van der Waals surface area (Å²) in [6, 6.07) is 8.97. The number of nitrogens with zero attached hydrogens (tertiary/aromatic N) is 11. The van der Waals surface area contributed by atoms with Gasteiger partial charge in [-0.2, -0.15) is 13.2 Å². The fourth-order valence-electron chi connectivity index (χ4n) is 9.47. The second kappa shape index (κ2) is 31.1. The van der Waals surface area contributed by atoms with E-state index in [0.29, 0.717) is 35.0 Å². The van der Waals surface area contributed by atoms with E-state index < -0.39 is 65.3 Å². The van der Waals surface area contributed by atoms with Crippen LogP contribution in [0.15, 0.2) is 92.2 Å². The molecular weight excluding hydrogens is 1260 g/mol. The lowest BCUT2D eigenvalue weighted by Crippen LogP contribution is -2.32. The van der Waals surface area contributed by atoms with Crippen molar-refractivity contribution < 1.29 is 71.0 Å². The van der Waals surface area contributed by atoms with Crippen molar-refractivity contribution in [3.05, 3.63) is 138 Å². The Morgan fingerprint density at radius 2 is 0.760 bits per heavy atom. The Kier molecular flexibility index (Phi) is 23.1. The van der Waals surface area contributed by atoms with E-state index in [2.05, 4.69) is 63.1 Å². The zero-order valence-electron chi connectivity index (χ0n) is 53.8. The molecule has 0 saturated carbocycles. The van der Waals surface area contributed by atoms with Gasteiger partial charge in [0.15, 0.2) is 11.6 Å². The van der Waals surface area contributed by atoms with Crippen molar-refractivity contribution in [3.8, 4) is 0 Å². The number of halogens is 3. The minimum atomic E-state index is -5.08. The van der Waals surface area contributed by atoms with Gasteiger partial charge in [0.25, 0.3) is 47.3 Å². The third-order valence-electron chi connectivity index (χ3n) is 14.2. The third-order valence-corrected chi connectivity index (χ3v) is 14.2. The number of amides is 10.